The quantitative estimate of drug-likeness (QED) is 0.701. The summed E-state index contributed by atoms with van der Waals surface area (Å²) in [6.07, 6.45) is -1.50. The number of rotatable bonds is 4. The standard InChI is InChI=1S/C18H12F3N3O2/c19-18(20,21)14-9-7-13(8-10-14)16-23-24-17(26-16)22-15(25)11-6-12-4-2-1-3-5-12/h1-11H,(H,22,24,25)/b11-6+. The highest BCUT2D eigenvalue weighted by Crippen LogP contribution is 2.30. The predicted octanol–water partition coefficient (Wildman–Crippen LogP) is 4.41. The summed E-state index contributed by atoms with van der Waals surface area (Å²) in [5, 5.41) is 9.76. The molecule has 1 aromatic heterocycles. The van der Waals surface area contributed by atoms with Crippen molar-refractivity contribution in [2.45, 2.75) is 6.18 Å². The van der Waals surface area contributed by atoms with Crippen LogP contribution in [-0.4, -0.2) is 16.1 Å². The molecule has 0 aliphatic carbocycles. The molecule has 0 aliphatic heterocycles. The van der Waals surface area contributed by atoms with E-state index in [1.54, 1.807) is 6.08 Å². The molecule has 2 aromatic carbocycles. The van der Waals surface area contributed by atoms with Crippen LogP contribution in [0.4, 0.5) is 19.2 Å². The first kappa shape index (κ1) is 17.4. The van der Waals surface area contributed by atoms with Crippen molar-refractivity contribution in [2.24, 2.45) is 0 Å². The Hall–Kier alpha value is -3.42. The van der Waals surface area contributed by atoms with E-state index in [4.69, 9.17) is 4.42 Å². The first-order chi connectivity index (χ1) is 12.4. The van der Waals surface area contributed by atoms with Crippen molar-refractivity contribution >= 4 is 18.0 Å². The molecule has 0 saturated heterocycles. The Morgan fingerprint density at radius 3 is 2.35 bits per heavy atom. The zero-order valence-corrected chi connectivity index (χ0v) is 13.2. The summed E-state index contributed by atoms with van der Waals surface area (Å²) in [6, 6.07) is 13.3. The number of alkyl halides is 3. The molecule has 0 atom stereocenters. The van der Waals surface area contributed by atoms with Gasteiger partial charge in [0.05, 0.1) is 5.56 Å². The third-order valence-electron chi connectivity index (χ3n) is 3.34. The Labute approximate surface area is 146 Å². The van der Waals surface area contributed by atoms with Crippen molar-refractivity contribution in [3.8, 4) is 11.5 Å². The van der Waals surface area contributed by atoms with Gasteiger partial charge in [0.1, 0.15) is 0 Å². The molecule has 0 spiro atoms. The number of carbonyl (C=O) groups is 1. The Morgan fingerprint density at radius 1 is 1.00 bits per heavy atom. The monoisotopic (exact) mass is 359 g/mol. The summed E-state index contributed by atoms with van der Waals surface area (Å²) in [5.74, 6) is -0.475. The molecule has 0 unspecified atom stereocenters. The van der Waals surface area contributed by atoms with Gasteiger partial charge in [-0.1, -0.05) is 35.4 Å². The van der Waals surface area contributed by atoms with E-state index in [1.807, 2.05) is 30.3 Å². The summed E-state index contributed by atoms with van der Waals surface area (Å²) in [7, 11) is 0. The molecule has 5 nitrogen and oxygen atoms in total. The molecule has 1 heterocycles. The van der Waals surface area contributed by atoms with E-state index in [0.717, 1.165) is 17.7 Å². The van der Waals surface area contributed by atoms with Gasteiger partial charge in [-0.2, -0.15) is 13.2 Å². The number of carbonyl (C=O) groups excluding carboxylic acids is 1. The normalized spacial score (nSPS) is 11.7. The fourth-order valence-electron chi connectivity index (χ4n) is 2.08. The molecule has 0 saturated carbocycles. The van der Waals surface area contributed by atoms with Gasteiger partial charge in [0, 0.05) is 11.6 Å². The number of nitrogens with one attached hydrogen (secondary N) is 1. The van der Waals surface area contributed by atoms with Gasteiger partial charge in [-0.15, -0.1) is 5.10 Å². The van der Waals surface area contributed by atoms with E-state index in [9.17, 15) is 18.0 Å². The molecular weight excluding hydrogens is 347 g/mol. The second-order valence-electron chi connectivity index (χ2n) is 5.22. The number of hydrogen-bond donors (Lipinski definition) is 1. The van der Waals surface area contributed by atoms with Crippen LogP contribution in [0.15, 0.2) is 65.1 Å². The van der Waals surface area contributed by atoms with Gasteiger partial charge in [-0.3, -0.25) is 10.1 Å². The molecule has 132 valence electrons. The summed E-state index contributed by atoms with van der Waals surface area (Å²) in [5.41, 5.74) is 0.379. The van der Waals surface area contributed by atoms with Gasteiger partial charge >= 0.3 is 12.2 Å². The van der Waals surface area contributed by atoms with Crippen molar-refractivity contribution in [3.05, 3.63) is 71.8 Å². The molecule has 0 aliphatic rings. The van der Waals surface area contributed by atoms with E-state index >= 15 is 0 Å². The van der Waals surface area contributed by atoms with Gasteiger partial charge in [0.25, 0.3) is 5.91 Å². The number of benzene rings is 2. The van der Waals surface area contributed by atoms with E-state index in [-0.39, 0.29) is 11.9 Å². The minimum Gasteiger partial charge on any atom is -0.403 e. The number of nitrogens with zero attached hydrogens (tertiary/aromatic N) is 2. The smallest absolute Gasteiger partial charge is 0.403 e. The number of halogens is 3. The Morgan fingerprint density at radius 2 is 1.69 bits per heavy atom. The minimum atomic E-state index is -4.42. The van der Waals surface area contributed by atoms with Gasteiger partial charge in [0.15, 0.2) is 0 Å². The second kappa shape index (κ2) is 7.22. The van der Waals surface area contributed by atoms with Gasteiger partial charge in [0.2, 0.25) is 5.89 Å². The highest BCUT2D eigenvalue weighted by molar-refractivity contribution is 6.00. The van der Waals surface area contributed by atoms with E-state index < -0.39 is 17.6 Å². The topological polar surface area (TPSA) is 68.0 Å². The second-order valence-corrected chi connectivity index (χ2v) is 5.22. The number of hydrogen-bond acceptors (Lipinski definition) is 4. The Bertz CT molecular complexity index is 917. The van der Waals surface area contributed by atoms with Crippen LogP contribution in [-0.2, 0) is 11.0 Å². The number of amides is 1. The van der Waals surface area contributed by atoms with Gasteiger partial charge in [-0.05, 0) is 35.9 Å². The predicted molar refractivity (Wildman–Crippen MR) is 88.8 cm³/mol. The molecule has 3 rings (SSSR count). The lowest BCUT2D eigenvalue weighted by atomic mass is 10.1. The van der Waals surface area contributed by atoms with Crippen molar-refractivity contribution < 1.29 is 22.4 Å². The first-order valence-electron chi connectivity index (χ1n) is 7.47. The number of anilines is 1. The maximum absolute atomic E-state index is 12.6. The van der Waals surface area contributed by atoms with Crippen molar-refractivity contribution in [1.29, 1.82) is 0 Å². The fourth-order valence-corrected chi connectivity index (χ4v) is 2.08. The van der Waals surface area contributed by atoms with Gasteiger partial charge in [-0.25, -0.2) is 0 Å². The van der Waals surface area contributed by atoms with Crippen molar-refractivity contribution in [1.82, 2.24) is 10.2 Å². The van der Waals surface area contributed by atoms with Crippen LogP contribution >= 0.6 is 0 Å². The zero-order chi connectivity index (χ0) is 18.6. The summed E-state index contributed by atoms with van der Waals surface area (Å²) in [6.45, 7) is 0. The highest BCUT2D eigenvalue weighted by atomic mass is 19.4. The highest BCUT2D eigenvalue weighted by Gasteiger charge is 2.30. The third-order valence-corrected chi connectivity index (χ3v) is 3.34. The lowest BCUT2D eigenvalue weighted by molar-refractivity contribution is -0.137. The average molecular weight is 359 g/mol. The van der Waals surface area contributed by atoms with Crippen LogP contribution in [0.1, 0.15) is 11.1 Å². The fraction of sp³-hybridized carbons (Fsp3) is 0.0556. The molecule has 1 N–H and O–H groups in total. The molecule has 26 heavy (non-hydrogen) atoms. The lowest BCUT2D eigenvalue weighted by Gasteiger charge is -2.05. The van der Waals surface area contributed by atoms with Crippen LogP contribution < -0.4 is 5.32 Å². The van der Waals surface area contributed by atoms with Gasteiger partial charge < -0.3 is 4.42 Å². The molecule has 1 amide bonds. The third kappa shape index (κ3) is 4.35. The van der Waals surface area contributed by atoms with Crippen LogP contribution in [0, 0.1) is 0 Å². The molecule has 3 aromatic rings. The Balaban J connectivity index is 1.66. The molecule has 0 fully saturated rings. The molecule has 0 bridgehead atoms. The molecule has 0 radical (unpaired) electrons. The van der Waals surface area contributed by atoms with Crippen molar-refractivity contribution in [3.63, 3.8) is 0 Å². The summed E-state index contributed by atoms with van der Waals surface area (Å²) < 4.78 is 42.9. The summed E-state index contributed by atoms with van der Waals surface area (Å²) >= 11 is 0. The number of aromatic nitrogens is 2. The van der Waals surface area contributed by atoms with E-state index in [0.29, 0.717) is 5.56 Å². The lowest BCUT2D eigenvalue weighted by Crippen LogP contribution is -2.07. The van der Waals surface area contributed by atoms with Crippen LogP contribution in [0.5, 0.6) is 0 Å². The SMILES string of the molecule is O=C(/C=C/c1ccccc1)Nc1nnc(-c2ccc(C(F)(F)F)cc2)o1. The zero-order valence-electron chi connectivity index (χ0n) is 13.2. The maximum Gasteiger partial charge on any atom is 0.416 e. The summed E-state index contributed by atoms with van der Waals surface area (Å²) in [4.78, 5) is 11.8. The van der Waals surface area contributed by atoms with Crippen LogP contribution in [0.25, 0.3) is 17.5 Å². The molecule has 8 heteroatoms. The minimum absolute atomic E-state index is 0.000985. The maximum atomic E-state index is 12.6. The van der Waals surface area contributed by atoms with Crippen molar-refractivity contribution in [2.75, 3.05) is 5.32 Å². The van der Waals surface area contributed by atoms with Crippen LogP contribution in [0.3, 0.4) is 0 Å². The molecular formula is C18H12F3N3O2. The first-order valence-corrected chi connectivity index (χ1v) is 7.47. The largest absolute Gasteiger partial charge is 0.416 e. The van der Waals surface area contributed by atoms with E-state index in [2.05, 4.69) is 15.5 Å². The Kier molecular flexibility index (Phi) is 4.83. The van der Waals surface area contributed by atoms with E-state index in [1.165, 1.54) is 18.2 Å². The average Bonchev–Trinajstić information content (AvgIpc) is 3.09. The van der Waals surface area contributed by atoms with Crippen LogP contribution in [0.2, 0.25) is 0 Å².